The van der Waals surface area contributed by atoms with Crippen LogP contribution in [0.1, 0.15) is 47.3 Å². The third-order valence-electron chi connectivity index (χ3n) is 4.48. The van der Waals surface area contributed by atoms with Gasteiger partial charge in [0.15, 0.2) is 5.69 Å². The Hall–Kier alpha value is -2.96. The minimum Gasteiger partial charge on any atom is -0.317 e. The number of carbonyl (C=O) groups is 1. The lowest BCUT2D eigenvalue weighted by atomic mass is 10.1. The number of aromatic nitrogens is 4. The molecule has 7 nitrogen and oxygen atoms in total. The normalized spacial score (nSPS) is 11.3. The molecule has 0 aliphatic rings. The van der Waals surface area contributed by atoms with Crippen LogP contribution in [0.15, 0.2) is 23.0 Å². The summed E-state index contributed by atoms with van der Waals surface area (Å²) in [7, 11) is 1.72. The van der Waals surface area contributed by atoms with Gasteiger partial charge in [0.2, 0.25) is 5.43 Å². The molecular formula is C19H23N5O2. The molecule has 3 aromatic rings. The Labute approximate surface area is 151 Å². The minimum absolute atomic E-state index is 0.123. The highest BCUT2D eigenvalue weighted by molar-refractivity contribution is 6.04. The van der Waals surface area contributed by atoms with E-state index >= 15 is 0 Å². The number of rotatable bonds is 3. The fourth-order valence-corrected chi connectivity index (χ4v) is 3.16. The first-order valence-electron chi connectivity index (χ1n) is 8.55. The van der Waals surface area contributed by atoms with Gasteiger partial charge in [-0.05, 0) is 46.8 Å². The number of amides is 1. The average Bonchev–Trinajstić information content (AvgIpc) is 2.86. The lowest BCUT2D eigenvalue weighted by molar-refractivity contribution is 0.101. The quantitative estimate of drug-likeness (QED) is 0.785. The highest BCUT2D eigenvalue weighted by Gasteiger charge is 2.21. The lowest BCUT2D eigenvalue weighted by Crippen LogP contribution is -2.26. The number of nitrogens with one attached hydrogen (secondary N) is 1. The van der Waals surface area contributed by atoms with E-state index in [0.717, 1.165) is 11.3 Å². The van der Waals surface area contributed by atoms with Crippen LogP contribution in [0.5, 0.6) is 0 Å². The molecule has 0 radical (unpaired) electrons. The highest BCUT2D eigenvalue weighted by Crippen LogP contribution is 2.23. The molecule has 2 heterocycles. The summed E-state index contributed by atoms with van der Waals surface area (Å²) in [5, 5.41) is 12.0. The first-order valence-corrected chi connectivity index (χ1v) is 8.55. The molecule has 1 N–H and O–H groups in total. The summed E-state index contributed by atoms with van der Waals surface area (Å²) in [6, 6.07) is 5.70. The zero-order chi connectivity index (χ0) is 19.2. The third kappa shape index (κ3) is 2.89. The van der Waals surface area contributed by atoms with Gasteiger partial charge in [-0.3, -0.25) is 19.0 Å². The van der Waals surface area contributed by atoms with Crippen molar-refractivity contribution in [3.63, 3.8) is 0 Å². The predicted octanol–water partition coefficient (Wildman–Crippen LogP) is 2.89. The molecule has 0 atom stereocenters. The van der Waals surface area contributed by atoms with Gasteiger partial charge in [0.05, 0.1) is 28.0 Å². The van der Waals surface area contributed by atoms with E-state index in [1.165, 1.54) is 0 Å². The van der Waals surface area contributed by atoms with Crippen molar-refractivity contribution in [2.45, 2.75) is 40.7 Å². The molecule has 136 valence electrons. The molecular weight excluding hydrogens is 330 g/mol. The molecule has 7 heteroatoms. The molecule has 0 spiro atoms. The van der Waals surface area contributed by atoms with Gasteiger partial charge in [-0.15, -0.1) is 0 Å². The van der Waals surface area contributed by atoms with Gasteiger partial charge >= 0.3 is 0 Å². The van der Waals surface area contributed by atoms with E-state index in [1.54, 1.807) is 17.8 Å². The van der Waals surface area contributed by atoms with Crippen molar-refractivity contribution in [3.8, 4) is 0 Å². The molecule has 1 amide bonds. The molecule has 3 rings (SSSR count). The van der Waals surface area contributed by atoms with Crippen molar-refractivity contribution in [2.24, 2.45) is 7.05 Å². The molecule has 26 heavy (non-hydrogen) atoms. The molecule has 0 saturated carbocycles. The second-order valence-electron chi connectivity index (χ2n) is 6.86. The first kappa shape index (κ1) is 17.8. The largest absolute Gasteiger partial charge is 0.317 e. The van der Waals surface area contributed by atoms with E-state index in [-0.39, 0.29) is 17.2 Å². The summed E-state index contributed by atoms with van der Waals surface area (Å²) in [5.74, 6) is -0.525. The van der Waals surface area contributed by atoms with Crippen LogP contribution in [0.3, 0.4) is 0 Å². The van der Waals surface area contributed by atoms with Crippen molar-refractivity contribution >= 4 is 22.5 Å². The first-order chi connectivity index (χ1) is 12.2. The van der Waals surface area contributed by atoms with Gasteiger partial charge in [-0.1, -0.05) is 11.6 Å². The summed E-state index contributed by atoms with van der Waals surface area (Å²) >= 11 is 0. The SMILES string of the molecule is Cc1ccc2c(c1)c(=O)c(C(=O)Nc1c(C)nn(C(C)C)c1C)nn2C. The van der Waals surface area contributed by atoms with Crippen LogP contribution in [0.2, 0.25) is 0 Å². The standard InChI is InChI=1S/C19H23N5O2/c1-10(2)24-13(5)16(12(4)21-24)20-19(26)17-18(25)14-9-11(3)7-8-15(14)23(6)22-17/h7-10H,1-6H3,(H,20,26). The van der Waals surface area contributed by atoms with Crippen LogP contribution < -0.4 is 10.7 Å². The van der Waals surface area contributed by atoms with Gasteiger partial charge in [0, 0.05) is 13.1 Å². The number of nitrogens with zero attached hydrogens (tertiary/aromatic N) is 4. The number of aryl methyl sites for hydroxylation is 3. The molecule has 0 fully saturated rings. The zero-order valence-corrected chi connectivity index (χ0v) is 15.9. The number of hydrogen-bond acceptors (Lipinski definition) is 4. The van der Waals surface area contributed by atoms with Crippen molar-refractivity contribution in [1.29, 1.82) is 0 Å². The van der Waals surface area contributed by atoms with Gasteiger partial charge in [-0.2, -0.15) is 10.2 Å². The summed E-state index contributed by atoms with van der Waals surface area (Å²) in [5.41, 5.74) is 3.33. The average molecular weight is 353 g/mol. The van der Waals surface area contributed by atoms with Crippen LogP contribution in [0.4, 0.5) is 5.69 Å². The van der Waals surface area contributed by atoms with E-state index in [4.69, 9.17) is 0 Å². The lowest BCUT2D eigenvalue weighted by Gasteiger charge is -2.10. The van der Waals surface area contributed by atoms with Gasteiger partial charge in [-0.25, -0.2) is 0 Å². The third-order valence-corrected chi connectivity index (χ3v) is 4.48. The molecule has 0 bridgehead atoms. The Morgan fingerprint density at radius 1 is 1.15 bits per heavy atom. The van der Waals surface area contributed by atoms with Crippen LogP contribution in [-0.2, 0) is 7.05 Å². The summed E-state index contributed by atoms with van der Waals surface area (Å²) in [6.07, 6.45) is 0. The van der Waals surface area contributed by atoms with Crippen molar-refractivity contribution in [2.75, 3.05) is 5.32 Å². The van der Waals surface area contributed by atoms with Gasteiger partial charge in [0.1, 0.15) is 0 Å². The maximum atomic E-state index is 12.8. The van der Waals surface area contributed by atoms with Crippen LogP contribution in [-0.4, -0.2) is 25.5 Å². The fourth-order valence-electron chi connectivity index (χ4n) is 3.16. The number of fused-ring (bicyclic) bond motifs is 1. The van der Waals surface area contributed by atoms with Crippen LogP contribution in [0.25, 0.3) is 10.9 Å². The maximum Gasteiger partial charge on any atom is 0.280 e. The summed E-state index contributed by atoms with van der Waals surface area (Å²) < 4.78 is 3.41. The number of carbonyl (C=O) groups excluding carboxylic acids is 1. The van der Waals surface area contributed by atoms with Crippen molar-refractivity contribution in [3.05, 3.63) is 51.1 Å². The Balaban J connectivity index is 2.07. The smallest absolute Gasteiger partial charge is 0.280 e. The summed E-state index contributed by atoms with van der Waals surface area (Å²) in [4.78, 5) is 25.6. The highest BCUT2D eigenvalue weighted by atomic mass is 16.2. The second kappa shape index (κ2) is 6.40. The summed E-state index contributed by atoms with van der Waals surface area (Å²) in [6.45, 7) is 9.68. The molecule has 0 aliphatic heterocycles. The maximum absolute atomic E-state index is 12.8. The van der Waals surface area contributed by atoms with E-state index in [9.17, 15) is 9.59 Å². The Morgan fingerprint density at radius 2 is 1.85 bits per heavy atom. The number of benzene rings is 1. The van der Waals surface area contributed by atoms with E-state index in [1.807, 2.05) is 51.4 Å². The van der Waals surface area contributed by atoms with Crippen LogP contribution >= 0.6 is 0 Å². The molecule has 0 aliphatic carbocycles. The Kier molecular flexibility index (Phi) is 4.39. The molecule has 0 saturated heterocycles. The van der Waals surface area contributed by atoms with Crippen molar-refractivity contribution in [1.82, 2.24) is 19.6 Å². The monoisotopic (exact) mass is 353 g/mol. The number of hydrogen-bond donors (Lipinski definition) is 1. The van der Waals surface area contributed by atoms with E-state index < -0.39 is 5.91 Å². The second-order valence-corrected chi connectivity index (χ2v) is 6.86. The zero-order valence-electron chi connectivity index (χ0n) is 15.9. The van der Waals surface area contributed by atoms with Gasteiger partial charge < -0.3 is 5.32 Å². The predicted molar refractivity (Wildman–Crippen MR) is 102 cm³/mol. The van der Waals surface area contributed by atoms with Gasteiger partial charge in [0.25, 0.3) is 5.91 Å². The Morgan fingerprint density at radius 3 is 2.46 bits per heavy atom. The van der Waals surface area contributed by atoms with E-state index in [2.05, 4.69) is 15.5 Å². The van der Waals surface area contributed by atoms with Crippen LogP contribution in [0, 0.1) is 20.8 Å². The fraction of sp³-hybridized carbons (Fsp3) is 0.368. The molecule has 0 unspecified atom stereocenters. The topological polar surface area (TPSA) is 81.8 Å². The molecule has 1 aromatic carbocycles. The van der Waals surface area contributed by atoms with E-state index in [0.29, 0.717) is 22.3 Å². The minimum atomic E-state index is -0.525. The number of anilines is 1. The Bertz CT molecular complexity index is 1080. The van der Waals surface area contributed by atoms with Crippen molar-refractivity contribution < 1.29 is 4.79 Å². The molecule has 2 aromatic heterocycles.